The predicted molar refractivity (Wildman–Crippen MR) is 149 cm³/mol. The minimum absolute atomic E-state index is 0.00181. The van der Waals surface area contributed by atoms with Gasteiger partial charge < -0.3 is 18.6 Å². The van der Waals surface area contributed by atoms with Gasteiger partial charge in [0.2, 0.25) is 21.7 Å². The Morgan fingerprint density at radius 1 is 0.975 bits per heavy atom. The van der Waals surface area contributed by atoms with E-state index in [4.69, 9.17) is 18.6 Å². The van der Waals surface area contributed by atoms with Gasteiger partial charge in [-0.3, -0.25) is 10.1 Å². The smallest absolute Gasteiger partial charge is 0.322 e. The summed E-state index contributed by atoms with van der Waals surface area (Å²) in [5.41, 5.74) is 0.781. The molecule has 0 spiro atoms. The van der Waals surface area contributed by atoms with E-state index in [-0.39, 0.29) is 28.4 Å². The fourth-order valence-corrected chi connectivity index (χ4v) is 6.45. The molecule has 1 aliphatic heterocycles. The first kappa shape index (κ1) is 29.3. The molecule has 11 nitrogen and oxygen atoms in total. The molecule has 1 N–H and O–H groups in total. The third-order valence-electron chi connectivity index (χ3n) is 6.57. The Morgan fingerprint density at radius 3 is 2.23 bits per heavy atom. The number of carbonyl (C=O) groups excluding carboxylic acids is 1. The number of nitrogens with zero attached hydrogens (tertiary/aromatic N) is 3. The van der Waals surface area contributed by atoms with Gasteiger partial charge in [0.05, 0.1) is 24.7 Å². The standard InChI is InChI=1S/C28H36N4O7S/c1-5-21-11-9-10-16-32(21)40(34,35)22-14-12-19(13-15-22)26(33)29-28-31-30-27(39-28)20-17-23(36-6-2)25(38-8-4)24(18-20)37-7-3/h12-15,17-18,21H,5-11,16H2,1-4H3,(H,29,31,33)/t21-/m0/s1. The van der Waals surface area contributed by atoms with Crippen LogP contribution in [0.1, 0.15) is 63.7 Å². The van der Waals surface area contributed by atoms with E-state index in [1.165, 1.54) is 24.3 Å². The maximum absolute atomic E-state index is 13.2. The maximum atomic E-state index is 13.2. The molecule has 216 valence electrons. The normalized spacial score (nSPS) is 15.9. The summed E-state index contributed by atoms with van der Waals surface area (Å²) < 4.78 is 50.9. The molecule has 1 aliphatic rings. The molecule has 2 heterocycles. The van der Waals surface area contributed by atoms with Crippen LogP contribution in [0.2, 0.25) is 0 Å². The average molecular weight is 573 g/mol. The molecule has 1 aromatic heterocycles. The van der Waals surface area contributed by atoms with Crippen LogP contribution in [-0.4, -0.2) is 61.2 Å². The summed E-state index contributed by atoms with van der Waals surface area (Å²) >= 11 is 0. The molecule has 2 aromatic carbocycles. The molecule has 12 heteroatoms. The van der Waals surface area contributed by atoms with E-state index in [2.05, 4.69) is 15.5 Å². The zero-order valence-electron chi connectivity index (χ0n) is 23.3. The van der Waals surface area contributed by atoms with Crippen LogP contribution in [0.3, 0.4) is 0 Å². The molecule has 1 saturated heterocycles. The van der Waals surface area contributed by atoms with Crippen molar-refractivity contribution in [2.24, 2.45) is 0 Å². The first-order valence-electron chi connectivity index (χ1n) is 13.7. The zero-order valence-corrected chi connectivity index (χ0v) is 24.1. The van der Waals surface area contributed by atoms with Gasteiger partial charge in [-0.25, -0.2) is 8.42 Å². The number of nitrogens with one attached hydrogen (secondary N) is 1. The van der Waals surface area contributed by atoms with Crippen molar-refractivity contribution in [2.75, 3.05) is 31.7 Å². The van der Waals surface area contributed by atoms with E-state index in [1.54, 1.807) is 16.4 Å². The number of rotatable bonds is 12. The Hall–Kier alpha value is -3.64. The third kappa shape index (κ3) is 6.39. The van der Waals surface area contributed by atoms with E-state index in [1.807, 2.05) is 27.7 Å². The molecule has 0 bridgehead atoms. The lowest BCUT2D eigenvalue weighted by atomic mass is 10.0. The fraction of sp³-hybridized carbons (Fsp3) is 0.464. The molecule has 1 fully saturated rings. The van der Waals surface area contributed by atoms with Crippen molar-refractivity contribution in [2.45, 2.75) is 64.3 Å². The summed E-state index contributed by atoms with van der Waals surface area (Å²) in [5, 5.41) is 10.6. The second-order valence-electron chi connectivity index (χ2n) is 9.17. The topological polar surface area (TPSA) is 133 Å². The summed E-state index contributed by atoms with van der Waals surface area (Å²) in [6, 6.07) is 9.16. The van der Waals surface area contributed by atoms with E-state index >= 15 is 0 Å². The zero-order chi connectivity index (χ0) is 28.7. The minimum Gasteiger partial charge on any atom is -0.490 e. The maximum Gasteiger partial charge on any atom is 0.322 e. The van der Waals surface area contributed by atoms with Crippen molar-refractivity contribution in [3.8, 4) is 28.7 Å². The van der Waals surface area contributed by atoms with Crippen LogP contribution in [-0.2, 0) is 10.0 Å². The van der Waals surface area contributed by atoms with Crippen molar-refractivity contribution in [1.29, 1.82) is 0 Å². The first-order chi connectivity index (χ1) is 19.3. The van der Waals surface area contributed by atoms with Crippen LogP contribution in [0, 0.1) is 0 Å². The number of piperidine rings is 1. The van der Waals surface area contributed by atoms with Gasteiger partial charge in [0, 0.05) is 23.7 Å². The van der Waals surface area contributed by atoms with Gasteiger partial charge in [-0.1, -0.05) is 18.4 Å². The van der Waals surface area contributed by atoms with E-state index < -0.39 is 15.9 Å². The second kappa shape index (κ2) is 13.1. The summed E-state index contributed by atoms with van der Waals surface area (Å²) in [6.07, 6.45) is 3.50. The number of amides is 1. The van der Waals surface area contributed by atoms with Crippen LogP contribution in [0.15, 0.2) is 45.7 Å². The predicted octanol–water partition coefficient (Wildman–Crippen LogP) is 5.14. The van der Waals surface area contributed by atoms with Gasteiger partial charge in [-0.05, 0) is 76.4 Å². The minimum atomic E-state index is -3.64. The quantitative estimate of drug-likeness (QED) is 0.313. The highest BCUT2D eigenvalue weighted by atomic mass is 32.2. The van der Waals surface area contributed by atoms with Crippen molar-refractivity contribution in [3.63, 3.8) is 0 Å². The molecule has 3 aromatic rings. The average Bonchev–Trinajstić information content (AvgIpc) is 3.43. The first-order valence-corrected chi connectivity index (χ1v) is 15.1. The highest BCUT2D eigenvalue weighted by Crippen LogP contribution is 2.42. The number of hydrogen-bond acceptors (Lipinski definition) is 9. The summed E-state index contributed by atoms with van der Waals surface area (Å²) in [6.45, 7) is 9.36. The molecule has 1 atom stereocenters. The molecule has 40 heavy (non-hydrogen) atoms. The van der Waals surface area contributed by atoms with E-state index in [0.717, 1.165) is 25.7 Å². The SMILES string of the molecule is CCOc1cc(-c2nnc(NC(=O)c3ccc(S(=O)(=O)N4CCCC[C@@H]4CC)cc3)o2)cc(OCC)c1OCC. The molecular formula is C28H36N4O7S. The molecule has 0 saturated carbocycles. The molecule has 0 aliphatic carbocycles. The van der Waals surface area contributed by atoms with E-state index in [9.17, 15) is 13.2 Å². The van der Waals surface area contributed by atoms with Crippen molar-refractivity contribution in [1.82, 2.24) is 14.5 Å². The van der Waals surface area contributed by atoms with Gasteiger partial charge in [0.25, 0.3) is 5.91 Å². The Morgan fingerprint density at radius 2 is 1.62 bits per heavy atom. The van der Waals surface area contributed by atoms with Crippen LogP contribution < -0.4 is 19.5 Å². The summed E-state index contributed by atoms with van der Waals surface area (Å²) in [5.74, 6) is 1.06. The lowest BCUT2D eigenvalue weighted by Gasteiger charge is -2.34. The number of ether oxygens (including phenoxy) is 3. The van der Waals surface area contributed by atoms with Crippen LogP contribution in [0.4, 0.5) is 6.01 Å². The van der Waals surface area contributed by atoms with Crippen molar-refractivity contribution >= 4 is 21.9 Å². The van der Waals surface area contributed by atoms with Gasteiger partial charge in [0.15, 0.2) is 11.5 Å². The Bertz CT molecular complexity index is 1380. The summed E-state index contributed by atoms with van der Waals surface area (Å²) in [4.78, 5) is 13.0. The highest BCUT2D eigenvalue weighted by molar-refractivity contribution is 7.89. The number of aromatic nitrogens is 2. The van der Waals surface area contributed by atoms with Crippen LogP contribution in [0.25, 0.3) is 11.5 Å². The lowest BCUT2D eigenvalue weighted by Crippen LogP contribution is -2.43. The number of sulfonamides is 1. The number of hydrogen-bond donors (Lipinski definition) is 1. The molecule has 0 unspecified atom stereocenters. The number of anilines is 1. The highest BCUT2D eigenvalue weighted by Gasteiger charge is 2.32. The van der Waals surface area contributed by atoms with Gasteiger partial charge in [-0.15, -0.1) is 5.10 Å². The lowest BCUT2D eigenvalue weighted by molar-refractivity contribution is 0.102. The van der Waals surface area contributed by atoms with Crippen molar-refractivity contribution in [3.05, 3.63) is 42.0 Å². The number of carbonyl (C=O) groups is 1. The molecule has 1 amide bonds. The van der Waals surface area contributed by atoms with Crippen LogP contribution >= 0.6 is 0 Å². The van der Waals surface area contributed by atoms with Gasteiger partial charge >= 0.3 is 6.01 Å². The molecule has 0 radical (unpaired) electrons. The Balaban J connectivity index is 1.51. The summed E-state index contributed by atoms with van der Waals surface area (Å²) in [7, 11) is -3.64. The second-order valence-corrected chi connectivity index (χ2v) is 11.1. The monoisotopic (exact) mass is 572 g/mol. The largest absolute Gasteiger partial charge is 0.490 e. The third-order valence-corrected chi connectivity index (χ3v) is 8.54. The van der Waals surface area contributed by atoms with Gasteiger partial charge in [0.1, 0.15) is 0 Å². The molecular weight excluding hydrogens is 536 g/mol. The molecule has 4 rings (SSSR count). The van der Waals surface area contributed by atoms with Crippen molar-refractivity contribution < 1.29 is 31.8 Å². The van der Waals surface area contributed by atoms with Crippen LogP contribution in [0.5, 0.6) is 17.2 Å². The van der Waals surface area contributed by atoms with Gasteiger partial charge in [-0.2, -0.15) is 4.31 Å². The Labute approximate surface area is 234 Å². The Kier molecular flexibility index (Phi) is 9.64. The number of benzene rings is 2. The van der Waals surface area contributed by atoms with E-state index in [0.29, 0.717) is 49.2 Å². The fourth-order valence-electron chi connectivity index (χ4n) is 4.68.